The van der Waals surface area contributed by atoms with Crippen LogP contribution < -0.4 is 0 Å². The second-order valence-corrected chi connectivity index (χ2v) is 5.71. The van der Waals surface area contributed by atoms with E-state index in [1.165, 1.54) is 0 Å². The maximum atomic E-state index is 9.82. The fraction of sp³-hybridized carbons (Fsp3) is 0.438. The number of benzene rings is 1. The first-order valence-corrected chi connectivity index (χ1v) is 6.86. The molecule has 0 saturated carbocycles. The Balaban J connectivity index is 2.08. The Bertz CT molecular complexity index is 538. The largest absolute Gasteiger partial charge is 0.395 e. The third kappa shape index (κ3) is 3.26. The number of imidazole rings is 1. The molecule has 1 heterocycles. The van der Waals surface area contributed by atoms with Crippen molar-refractivity contribution in [3.8, 4) is 0 Å². The van der Waals surface area contributed by atoms with Crippen molar-refractivity contribution >= 4 is 0 Å². The van der Waals surface area contributed by atoms with Gasteiger partial charge in [0.2, 0.25) is 0 Å². The topological polar surface area (TPSA) is 41.3 Å². The lowest BCUT2D eigenvalue weighted by atomic mass is 9.83. The van der Waals surface area contributed by atoms with E-state index in [4.69, 9.17) is 0 Å². The molecular weight excluding hydrogens is 250 g/mol. The Labute approximate surface area is 120 Å². The van der Waals surface area contributed by atoms with Crippen LogP contribution in [0.5, 0.6) is 0 Å². The van der Waals surface area contributed by atoms with Crippen LogP contribution in [0.3, 0.4) is 0 Å². The highest BCUT2D eigenvalue weighted by atomic mass is 16.3. The lowest BCUT2D eigenvalue weighted by molar-refractivity contribution is 0.154. The number of likely N-dealkylation sites (N-methyl/N-ethyl adjacent to an activating group) is 1. The molecule has 0 aliphatic rings. The molecule has 1 N–H and O–H groups in total. The van der Waals surface area contributed by atoms with Crippen LogP contribution >= 0.6 is 0 Å². The molecule has 0 radical (unpaired) electrons. The SMILES string of the molecule is CN(Cc1nccn1C)CC(C)(CO)c1ccccc1. The van der Waals surface area contributed by atoms with Crippen LogP contribution in [0, 0.1) is 0 Å². The van der Waals surface area contributed by atoms with Gasteiger partial charge in [-0.25, -0.2) is 4.98 Å². The van der Waals surface area contributed by atoms with Gasteiger partial charge in [0.25, 0.3) is 0 Å². The van der Waals surface area contributed by atoms with Gasteiger partial charge in [0.05, 0.1) is 13.2 Å². The number of hydrogen-bond acceptors (Lipinski definition) is 3. The van der Waals surface area contributed by atoms with Crippen molar-refractivity contribution in [2.45, 2.75) is 18.9 Å². The van der Waals surface area contributed by atoms with Gasteiger partial charge in [-0.3, -0.25) is 4.90 Å². The molecule has 108 valence electrons. The van der Waals surface area contributed by atoms with E-state index in [0.29, 0.717) is 0 Å². The molecule has 1 atom stereocenters. The maximum Gasteiger partial charge on any atom is 0.122 e. The molecule has 4 heteroatoms. The Morgan fingerprint density at radius 3 is 2.55 bits per heavy atom. The van der Waals surface area contributed by atoms with E-state index in [-0.39, 0.29) is 12.0 Å². The fourth-order valence-corrected chi connectivity index (χ4v) is 2.51. The first-order chi connectivity index (χ1) is 9.55. The lowest BCUT2D eigenvalue weighted by Crippen LogP contribution is -2.39. The van der Waals surface area contributed by atoms with Crippen molar-refractivity contribution in [2.75, 3.05) is 20.2 Å². The summed E-state index contributed by atoms with van der Waals surface area (Å²) in [5, 5.41) is 9.82. The van der Waals surface area contributed by atoms with Crippen LogP contribution in [0.1, 0.15) is 18.3 Å². The highest BCUT2D eigenvalue weighted by molar-refractivity contribution is 5.25. The Kier molecular flexibility index (Phi) is 4.57. The minimum absolute atomic E-state index is 0.127. The number of aliphatic hydroxyl groups is 1. The smallest absolute Gasteiger partial charge is 0.122 e. The highest BCUT2D eigenvalue weighted by Gasteiger charge is 2.27. The van der Waals surface area contributed by atoms with E-state index >= 15 is 0 Å². The average molecular weight is 273 g/mol. The summed E-state index contributed by atoms with van der Waals surface area (Å²) in [7, 11) is 4.06. The molecule has 0 spiro atoms. The zero-order valence-corrected chi connectivity index (χ0v) is 12.5. The minimum Gasteiger partial charge on any atom is -0.395 e. The Morgan fingerprint density at radius 1 is 1.30 bits per heavy atom. The summed E-state index contributed by atoms with van der Waals surface area (Å²) in [6.45, 7) is 3.77. The van der Waals surface area contributed by atoms with Crippen molar-refractivity contribution in [2.24, 2.45) is 7.05 Å². The van der Waals surface area contributed by atoms with Crippen LogP contribution in [-0.4, -0.2) is 39.8 Å². The summed E-state index contributed by atoms with van der Waals surface area (Å²) >= 11 is 0. The minimum atomic E-state index is -0.263. The van der Waals surface area contributed by atoms with Gasteiger partial charge in [-0.1, -0.05) is 37.3 Å². The summed E-state index contributed by atoms with van der Waals surface area (Å²) in [6, 6.07) is 10.2. The number of aromatic nitrogens is 2. The maximum absolute atomic E-state index is 9.82. The van der Waals surface area contributed by atoms with Crippen LogP contribution in [0.25, 0.3) is 0 Å². The van der Waals surface area contributed by atoms with Crippen LogP contribution in [0.2, 0.25) is 0 Å². The van der Waals surface area contributed by atoms with Gasteiger partial charge in [0, 0.05) is 31.4 Å². The van der Waals surface area contributed by atoms with Gasteiger partial charge < -0.3 is 9.67 Å². The molecule has 0 fully saturated rings. The highest BCUT2D eigenvalue weighted by Crippen LogP contribution is 2.24. The molecular formula is C16H23N3O. The number of aryl methyl sites for hydroxylation is 1. The third-order valence-corrected chi connectivity index (χ3v) is 3.77. The number of hydrogen-bond donors (Lipinski definition) is 1. The van der Waals surface area contributed by atoms with Crippen molar-refractivity contribution < 1.29 is 5.11 Å². The molecule has 0 aliphatic heterocycles. The zero-order chi connectivity index (χ0) is 14.6. The van der Waals surface area contributed by atoms with Crippen LogP contribution in [0.15, 0.2) is 42.7 Å². The van der Waals surface area contributed by atoms with E-state index in [1.54, 1.807) is 0 Å². The summed E-state index contributed by atoms with van der Waals surface area (Å²) in [6.07, 6.45) is 3.76. The molecule has 0 bridgehead atoms. The van der Waals surface area contributed by atoms with Crippen molar-refractivity contribution in [3.05, 3.63) is 54.1 Å². The Morgan fingerprint density at radius 2 is 2.00 bits per heavy atom. The molecule has 0 amide bonds. The normalized spacial score (nSPS) is 14.4. The molecule has 1 aromatic heterocycles. The number of nitrogens with zero attached hydrogens (tertiary/aromatic N) is 3. The molecule has 1 unspecified atom stereocenters. The predicted octanol–water partition coefficient (Wildman–Crippen LogP) is 1.80. The molecule has 20 heavy (non-hydrogen) atoms. The first kappa shape index (κ1) is 14.8. The quantitative estimate of drug-likeness (QED) is 0.872. The molecule has 4 nitrogen and oxygen atoms in total. The number of aliphatic hydroxyl groups excluding tert-OH is 1. The molecule has 2 rings (SSSR count). The van der Waals surface area contributed by atoms with E-state index in [9.17, 15) is 5.11 Å². The summed E-state index contributed by atoms with van der Waals surface area (Å²) in [5.74, 6) is 1.03. The summed E-state index contributed by atoms with van der Waals surface area (Å²) in [5.41, 5.74) is 0.899. The second-order valence-electron chi connectivity index (χ2n) is 5.71. The second kappa shape index (κ2) is 6.20. The lowest BCUT2D eigenvalue weighted by Gasteiger charge is -2.32. The van der Waals surface area contributed by atoms with Gasteiger partial charge >= 0.3 is 0 Å². The van der Waals surface area contributed by atoms with Crippen molar-refractivity contribution in [1.29, 1.82) is 0 Å². The van der Waals surface area contributed by atoms with Crippen LogP contribution in [-0.2, 0) is 19.0 Å². The predicted molar refractivity (Wildman–Crippen MR) is 80.4 cm³/mol. The van der Waals surface area contributed by atoms with E-state index in [2.05, 4.69) is 36.0 Å². The van der Waals surface area contributed by atoms with Crippen molar-refractivity contribution in [1.82, 2.24) is 14.5 Å². The third-order valence-electron chi connectivity index (χ3n) is 3.77. The van der Waals surface area contributed by atoms with Gasteiger partial charge in [-0.2, -0.15) is 0 Å². The molecule has 0 saturated heterocycles. The van der Waals surface area contributed by atoms with Gasteiger partial charge in [0.15, 0.2) is 0 Å². The molecule has 0 aliphatic carbocycles. The van der Waals surface area contributed by atoms with E-state index in [1.807, 2.05) is 42.2 Å². The number of rotatable bonds is 6. The van der Waals surface area contributed by atoms with E-state index in [0.717, 1.165) is 24.5 Å². The van der Waals surface area contributed by atoms with Gasteiger partial charge in [0.1, 0.15) is 5.82 Å². The zero-order valence-electron chi connectivity index (χ0n) is 12.5. The van der Waals surface area contributed by atoms with Crippen molar-refractivity contribution in [3.63, 3.8) is 0 Å². The summed E-state index contributed by atoms with van der Waals surface area (Å²) in [4.78, 5) is 6.54. The summed E-state index contributed by atoms with van der Waals surface area (Å²) < 4.78 is 2.02. The van der Waals surface area contributed by atoms with Gasteiger partial charge in [-0.15, -0.1) is 0 Å². The fourth-order valence-electron chi connectivity index (χ4n) is 2.51. The first-order valence-electron chi connectivity index (χ1n) is 6.86. The molecule has 1 aromatic carbocycles. The van der Waals surface area contributed by atoms with E-state index < -0.39 is 0 Å². The van der Waals surface area contributed by atoms with Crippen LogP contribution in [0.4, 0.5) is 0 Å². The average Bonchev–Trinajstić information content (AvgIpc) is 2.85. The van der Waals surface area contributed by atoms with Gasteiger partial charge in [-0.05, 0) is 12.6 Å². The standard InChI is InChI=1S/C16H23N3O/c1-16(13-20,14-7-5-4-6-8-14)12-18(2)11-15-17-9-10-19(15)3/h4-10,20H,11-13H2,1-3H3. The monoisotopic (exact) mass is 273 g/mol. The molecule has 2 aromatic rings. The Hall–Kier alpha value is -1.65.